The zero-order valence-electron chi connectivity index (χ0n) is 10.3. The first kappa shape index (κ1) is 13.5. The van der Waals surface area contributed by atoms with E-state index in [2.05, 4.69) is 28.9 Å². The van der Waals surface area contributed by atoms with Crippen molar-refractivity contribution < 1.29 is 14.6 Å². The zero-order chi connectivity index (χ0) is 12.5. The topological polar surface area (TPSA) is 35.5 Å². The molecule has 0 saturated heterocycles. The van der Waals surface area contributed by atoms with Gasteiger partial charge in [0, 0.05) is 0 Å². The highest BCUT2D eigenvalue weighted by atomic mass is 17.2. The van der Waals surface area contributed by atoms with Gasteiger partial charge < -0.3 is 0 Å². The lowest BCUT2D eigenvalue weighted by Gasteiger charge is -2.01. The third kappa shape index (κ3) is 5.31. The molecular weight excluding hydrogens is 216 g/mol. The molecule has 0 aromatic heterocycles. The smallest absolute Gasteiger partial charge is 0.298 e. The number of hydrogen-bond donors (Lipinski definition) is 0. The molecule has 3 nitrogen and oxygen atoms in total. The summed E-state index contributed by atoms with van der Waals surface area (Å²) in [6.45, 7) is 2.14. The van der Waals surface area contributed by atoms with Crippen molar-refractivity contribution in [1.82, 2.24) is 0 Å². The first-order valence-corrected chi connectivity index (χ1v) is 5.75. The van der Waals surface area contributed by atoms with E-state index in [0.717, 1.165) is 24.0 Å². The highest BCUT2D eigenvalue weighted by Crippen LogP contribution is 2.09. The van der Waals surface area contributed by atoms with Gasteiger partial charge in [-0.2, -0.15) is 4.89 Å². The van der Waals surface area contributed by atoms with Gasteiger partial charge in [-0.1, -0.05) is 49.8 Å². The molecule has 0 aliphatic rings. The van der Waals surface area contributed by atoms with Gasteiger partial charge in [0.05, 0.1) is 13.5 Å². The summed E-state index contributed by atoms with van der Waals surface area (Å²) in [4.78, 5) is 20.0. The van der Waals surface area contributed by atoms with Crippen molar-refractivity contribution in [1.29, 1.82) is 0 Å². The number of rotatable bonds is 6. The lowest BCUT2D eigenvalue weighted by Crippen LogP contribution is -2.06. The summed E-state index contributed by atoms with van der Waals surface area (Å²) in [6.07, 6.45) is 6.62. The number of allylic oxidation sites excluding steroid dienone is 1. The van der Waals surface area contributed by atoms with Crippen LogP contribution in [0.15, 0.2) is 30.3 Å². The van der Waals surface area contributed by atoms with Gasteiger partial charge in [0.1, 0.15) is 0 Å². The van der Waals surface area contributed by atoms with E-state index >= 15 is 0 Å². The van der Waals surface area contributed by atoms with Crippen LogP contribution in [-0.4, -0.2) is 13.1 Å². The molecule has 0 aliphatic heterocycles. The van der Waals surface area contributed by atoms with E-state index in [4.69, 9.17) is 0 Å². The van der Waals surface area contributed by atoms with Gasteiger partial charge in [0.15, 0.2) is 0 Å². The third-order valence-electron chi connectivity index (χ3n) is 2.24. The summed E-state index contributed by atoms with van der Waals surface area (Å²) in [5.41, 5.74) is 2.02. The van der Waals surface area contributed by atoms with E-state index in [1.54, 1.807) is 0 Å². The molecule has 17 heavy (non-hydrogen) atoms. The predicted octanol–water partition coefficient (Wildman–Crippen LogP) is 3.15. The molecule has 1 aromatic carbocycles. The molecule has 0 N–H and O–H groups in total. The van der Waals surface area contributed by atoms with Crippen LogP contribution in [0, 0.1) is 0 Å². The van der Waals surface area contributed by atoms with Crippen molar-refractivity contribution in [2.24, 2.45) is 0 Å². The molecule has 0 fully saturated rings. The number of carbonyl (C=O) groups is 1. The molecule has 0 atom stereocenters. The van der Waals surface area contributed by atoms with E-state index in [1.807, 2.05) is 24.3 Å². The van der Waals surface area contributed by atoms with Crippen molar-refractivity contribution in [3.8, 4) is 0 Å². The number of carbonyl (C=O) groups excluding carboxylic acids is 1. The molecule has 0 bridgehead atoms. The Morgan fingerprint density at radius 1 is 1.41 bits per heavy atom. The van der Waals surface area contributed by atoms with Crippen molar-refractivity contribution >= 4 is 12.0 Å². The molecule has 92 valence electrons. The minimum Gasteiger partial charge on any atom is -0.298 e. The Bertz CT molecular complexity index is 383. The van der Waals surface area contributed by atoms with Gasteiger partial charge in [-0.25, -0.2) is 4.79 Å². The molecule has 0 spiro atoms. The molecule has 0 heterocycles. The molecule has 0 radical (unpaired) electrons. The van der Waals surface area contributed by atoms with Crippen LogP contribution in [0.25, 0.3) is 6.08 Å². The summed E-state index contributed by atoms with van der Waals surface area (Å²) in [7, 11) is 1.32. The van der Waals surface area contributed by atoms with Gasteiger partial charge in [0.25, 0.3) is 0 Å². The van der Waals surface area contributed by atoms with Gasteiger partial charge in [-0.3, -0.25) is 4.89 Å². The Hall–Kier alpha value is -1.61. The third-order valence-corrected chi connectivity index (χ3v) is 2.24. The molecule has 3 heteroatoms. The Morgan fingerprint density at radius 2 is 2.24 bits per heavy atom. The number of unbranched alkanes of at least 4 members (excludes halogenated alkanes) is 1. The van der Waals surface area contributed by atoms with Gasteiger partial charge in [-0.15, -0.1) is 0 Å². The minimum absolute atomic E-state index is 0.225. The molecule has 1 aromatic rings. The van der Waals surface area contributed by atoms with Crippen LogP contribution in [0.2, 0.25) is 0 Å². The minimum atomic E-state index is -0.387. The van der Waals surface area contributed by atoms with Gasteiger partial charge >= 0.3 is 5.97 Å². The predicted molar refractivity (Wildman–Crippen MR) is 67.2 cm³/mol. The zero-order valence-corrected chi connectivity index (χ0v) is 10.3. The molecule has 1 rings (SSSR count). The van der Waals surface area contributed by atoms with Crippen LogP contribution in [0.1, 0.15) is 30.9 Å². The van der Waals surface area contributed by atoms with E-state index < -0.39 is 0 Å². The fourth-order valence-electron chi connectivity index (χ4n) is 1.48. The molecular formula is C14H18O3. The van der Waals surface area contributed by atoms with Crippen molar-refractivity contribution in [2.75, 3.05) is 7.11 Å². The lowest BCUT2D eigenvalue weighted by atomic mass is 10.1. The fraction of sp³-hybridized carbons (Fsp3) is 0.357. The van der Waals surface area contributed by atoms with E-state index in [1.165, 1.54) is 7.11 Å². The number of hydrogen-bond acceptors (Lipinski definition) is 3. The van der Waals surface area contributed by atoms with Crippen LogP contribution in [0.5, 0.6) is 0 Å². The van der Waals surface area contributed by atoms with E-state index in [9.17, 15) is 4.79 Å². The number of benzene rings is 1. The van der Waals surface area contributed by atoms with Crippen molar-refractivity contribution in [3.05, 3.63) is 41.5 Å². The van der Waals surface area contributed by atoms with E-state index in [0.29, 0.717) is 0 Å². The first-order valence-electron chi connectivity index (χ1n) is 5.75. The Morgan fingerprint density at radius 3 is 2.94 bits per heavy atom. The van der Waals surface area contributed by atoms with Crippen LogP contribution >= 0.6 is 0 Å². The van der Waals surface area contributed by atoms with Crippen LogP contribution in [0.4, 0.5) is 0 Å². The Labute approximate surface area is 102 Å². The fourth-order valence-corrected chi connectivity index (χ4v) is 1.48. The van der Waals surface area contributed by atoms with Gasteiger partial charge in [0.2, 0.25) is 0 Å². The summed E-state index contributed by atoms with van der Waals surface area (Å²) in [5, 5.41) is 0. The maximum Gasteiger partial charge on any atom is 0.346 e. The maximum atomic E-state index is 11.2. The first-order chi connectivity index (χ1) is 8.26. The summed E-state index contributed by atoms with van der Waals surface area (Å²) < 4.78 is 0. The maximum absolute atomic E-state index is 11.2. The van der Waals surface area contributed by atoms with Crippen LogP contribution in [0.3, 0.4) is 0 Å². The van der Waals surface area contributed by atoms with Crippen LogP contribution in [-0.2, 0) is 21.0 Å². The monoisotopic (exact) mass is 234 g/mol. The second kappa shape index (κ2) is 7.63. The molecule has 0 aliphatic carbocycles. The molecule has 0 amide bonds. The lowest BCUT2D eigenvalue weighted by molar-refractivity contribution is -0.254. The standard InChI is InChI=1S/C14H18O3/c1-3-4-5-7-12-8-6-9-13(10-12)11-14(15)17-16-2/h5-10H,3-4,11H2,1-2H3/b7-5+. The molecule has 0 saturated carbocycles. The van der Waals surface area contributed by atoms with Crippen molar-refractivity contribution in [3.63, 3.8) is 0 Å². The normalized spacial score (nSPS) is 10.7. The van der Waals surface area contributed by atoms with Gasteiger partial charge in [-0.05, 0) is 17.5 Å². The average Bonchev–Trinajstić information content (AvgIpc) is 2.30. The average molecular weight is 234 g/mol. The highest BCUT2D eigenvalue weighted by Gasteiger charge is 2.04. The Balaban J connectivity index is 2.62. The van der Waals surface area contributed by atoms with E-state index in [-0.39, 0.29) is 12.4 Å². The molecule has 0 unspecified atom stereocenters. The SMILES string of the molecule is CCC/C=C/c1cccc(CC(=O)OOC)c1. The summed E-state index contributed by atoms with van der Waals surface area (Å²) in [6, 6.07) is 7.81. The Kier molecular flexibility index (Phi) is 6.04. The van der Waals surface area contributed by atoms with Crippen molar-refractivity contribution in [2.45, 2.75) is 26.2 Å². The second-order valence-corrected chi connectivity index (χ2v) is 3.73. The quantitative estimate of drug-likeness (QED) is 0.560. The summed E-state index contributed by atoms with van der Waals surface area (Å²) >= 11 is 0. The van der Waals surface area contributed by atoms with Crippen LogP contribution < -0.4 is 0 Å². The summed E-state index contributed by atoms with van der Waals surface area (Å²) in [5.74, 6) is -0.387. The second-order valence-electron chi connectivity index (χ2n) is 3.73. The highest BCUT2D eigenvalue weighted by molar-refractivity contribution is 5.72. The largest absolute Gasteiger partial charge is 0.346 e.